The number of anilines is 1. The minimum atomic E-state index is -0.529. The average molecular weight is 447 g/mol. The Morgan fingerprint density at radius 2 is 2.12 bits per heavy atom. The van der Waals surface area contributed by atoms with Crippen LogP contribution in [0, 0.1) is 0 Å². The highest BCUT2D eigenvalue weighted by molar-refractivity contribution is 6.05. The summed E-state index contributed by atoms with van der Waals surface area (Å²) in [5.41, 5.74) is 0.972. The van der Waals surface area contributed by atoms with Gasteiger partial charge in [0, 0.05) is 5.56 Å². The molecule has 0 bridgehead atoms. The van der Waals surface area contributed by atoms with Crippen LogP contribution in [0.5, 0.6) is 17.2 Å². The molecule has 33 heavy (non-hydrogen) atoms. The van der Waals surface area contributed by atoms with Gasteiger partial charge in [-0.1, -0.05) is 36.8 Å². The van der Waals surface area contributed by atoms with Crippen molar-refractivity contribution in [2.24, 2.45) is 0 Å². The summed E-state index contributed by atoms with van der Waals surface area (Å²) in [4.78, 5) is 12.8. The second-order valence-corrected chi connectivity index (χ2v) is 7.40. The van der Waals surface area contributed by atoms with Gasteiger partial charge in [0.1, 0.15) is 18.1 Å². The fourth-order valence-electron chi connectivity index (χ4n) is 3.18. The third-order valence-corrected chi connectivity index (χ3v) is 4.84. The zero-order valence-electron chi connectivity index (χ0n) is 18.4. The van der Waals surface area contributed by atoms with Crippen LogP contribution < -0.4 is 19.5 Å². The highest BCUT2D eigenvalue weighted by Gasteiger charge is 2.28. The SMILES string of the molecule is CCCC=C/C=C(\C)Oc1ccc(C(=O)Nc2cccc3c2OC(c2nn[nH]n2)CO3)cc1. The van der Waals surface area contributed by atoms with Gasteiger partial charge in [0.25, 0.3) is 5.91 Å². The highest BCUT2D eigenvalue weighted by atomic mass is 16.6. The van der Waals surface area contributed by atoms with Crippen LogP contribution in [0.4, 0.5) is 5.69 Å². The van der Waals surface area contributed by atoms with E-state index in [1.54, 1.807) is 42.5 Å². The number of tetrazole rings is 1. The molecule has 170 valence electrons. The number of rotatable bonds is 8. The van der Waals surface area contributed by atoms with Crippen LogP contribution in [-0.2, 0) is 0 Å². The molecule has 2 aromatic carbocycles. The number of hydrogen-bond acceptors (Lipinski definition) is 7. The summed E-state index contributed by atoms with van der Waals surface area (Å²) < 4.78 is 17.5. The molecular weight excluding hydrogens is 422 g/mol. The van der Waals surface area contributed by atoms with Gasteiger partial charge < -0.3 is 19.5 Å². The molecular formula is C24H25N5O4. The molecule has 0 saturated carbocycles. The Labute approximate surface area is 191 Å². The normalized spacial score (nSPS) is 15.5. The van der Waals surface area contributed by atoms with Crippen molar-refractivity contribution in [1.29, 1.82) is 0 Å². The van der Waals surface area contributed by atoms with E-state index in [0.717, 1.165) is 18.6 Å². The number of unbranched alkanes of at least 4 members (excludes halogenated alkanes) is 1. The molecule has 3 aromatic rings. The molecule has 1 aliphatic rings. The number of nitrogens with one attached hydrogen (secondary N) is 2. The number of carbonyl (C=O) groups is 1. The summed E-state index contributed by atoms with van der Waals surface area (Å²) >= 11 is 0. The standard InChI is InChI=1S/C24H25N5O4/c1-3-4-5-6-8-16(2)32-18-13-11-17(12-14-18)24(30)25-19-9-7-10-20-22(19)33-21(15-31-20)23-26-28-29-27-23/h5-14,21H,3-4,15H2,1-2H3,(H,25,30)(H,26,27,28,29)/b6-5?,16-8+. The number of allylic oxidation sites excluding steroid dienone is 4. The van der Waals surface area contributed by atoms with Crippen LogP contribution in [0.3, 0.4) is 0 Å². The van der Waals surface area contributed by atoms with Crippen LogP contribution in [0.15, 0.2) is 66.5 Å². The summed E-state index contributed by atoms with van der Waals surface area (Å²) in [6.45, 7) is 4.27. The molecule has 9 heteroatoms. The van der Waals surface area contributed by atoms with E-state index < -0.39 is 6.10 Å². The van der Waals surface area contributed by atoms with Gasteiger partial charge in [-0.15, -0.1) is 10.2 Å². The molecule has 0 radical (unpaired) electrons. The van der Waals surface area contributed by atoms with Crippen LogP contribution >= 0.6 is 0 Å². The van der Waals surface area contributed by atoms with Crippen molar-refractivity contribution in [3.8, 4) is 17.2 Å². The van der Waals surface area contributed by atoms with Gasteiger partial charge in [-0.25, -0.2) is 0 Å². The van der Waals surface area contributed by atoms with E-state index >= 15 is 0 Å². The number of ether oxygens (including phenoxy) is 3. The van der Waals surface area contributed by atoms with Gasteiger partial charge in [0.2, 0.25) is 5.82 Å². The van der Waals surface area contributed by atoms with Crippen LogP contribution in [0.25, 0.3) is 0 Å². The van der Waals surface area contributed by atoms with Gasteiger partial charge in [-0.2, -0.15) is 5.21 Å². The summed E-state index contributed by atoms with van der Waals surface area (Å²) in [5.74, 6) is 2.47. The number of para-hydroxylation sites is 1. The quantitative estimate of drug-likeness (QED) is 0.383. The lowest BCUT2D eigenvalue weighted by Crippen LogP contribution is -2.24. The van der Waals surface area contributed by atoms with Crippen LogP contribution in [0.1, 0.15) is 49.0 Å². The first-order chi connectivity index (χ1) is 16.1. The van der Waals surface area contributed by atoms with Gasteiger partial charge >= 0.3 is 0 Å². The molecule has 0 saturated heterocycles. The Hall–Kier alpha value is -4.14. The summed E-state index contributed by atoms with van der Waals surface area (Å²) in [5, 5.41) is 16.7. The van der Waals surface area contributed by atoms with E-state index in [2.05, 4.69) is 38.9 Å². The van der Waals surface area contributed by atoms with Crippen molar-refractivity contribution in [3.63, 3.8) is 0 Å². The Bertz CT molecular complexity index is 1140. The van der Waals surface area contributed by atoms with Crippen molar-refractivity contribution in [3.05, 3.63) is 77.8 Å². The van der Waals surface area contributed by atoms with Crippen molar-refractivity contribution < 1.29 is 19.0 Å². The molecule has 1 aromatic heterocycles. The molecule has 1 unspecified atom stereocenters. The van der Waals surface area contributed by atoms with Gasteiger partial charge in [0.15, 0.2) is 17.6 Å². The molecule has 1 aliphatic heterocycles. The minimum Gasteiger partial charge on any atom is -0.485 e. The second kappa shape index (κ2) is 10.4. The summed E-state index contributed by atoms with van der Waals surface area (Å²) in [6, 6.07) is 12.2. The summed E-state index contributed by atoms with van der Waals surface area (Å²) in [6.07, 6.45) is 7.61. The van der Waals surface area contributed by atoms with E-state index in [4.69, 9.17) is 14.2 Å². The number of benzene rings is 2. The maximum absolute atomic E-state index is 12.8. The Morgan fingerprint density at radius 3 is 2.88 bits per heavy atom. The number of amides is 1. The number of carbonyl (C=O) groups excluding carboxylic acids is 1. The third kappa shape index (κ3) is 5.57. The highest BCUT2D eigenvalue weighted by Crippen LogP contribution is 2.41. The predicted octanol–water partition coefficient (Wildman–Crippen LogP) is 4.60. The first-order valence-electron chi connectivity index (χ1n) is 10.7. The Morgan fingerprint density at radius 1 is 1.27 bits per heavy atom. The number of H-pyrrole nitrogens is 1. The maximum atomic E-state index is 12.8. The topological polar surface area (TPSA) is 111 Å². The molecule has 2 heterocycles. The number of nitrogens with zero attached hydrogens (tertiary/aromatic N) is 3. The maximum Gasteiger partial charge on any atom is 0.255 e. The zero-order valence-corrected chi connectivity index (χ0v) is 18.4. The van der Waals surface area contributed by atoms with Crippen molar-refractivity contribution in [2.75, 3.05) is 11.9 Å². The largest absolute Gasteiger partial charge is 0.485 e. The second-order valence-electron chi connectivity index (χ2n) is 7.40. The smallest absolute Gasteiger partial charge is 0.255 e. The van der Waals surface area contributed by atoms with E-state index in [1.165, 1.54) is 0 Å². The van der Waals surface area contributed by atoms with Crippen molar-refractivity contribution >= 4 is 11.6 Å². The molecule has 1 atom stereocenters. The lowest BCUT2D eigenvalue weighted by Gasteiger charge is -2.26. The number of aromatic nitrogens is 4. The van der Waals surface area contributed by atoms with Gasteiger partial charge in [-0.3, -0.25) is 4.79 Å². The fourth-order valence-corrected chi connectivity index (χ4v) is 3.18. The van der Waals surface area contributed by atoms with Gasteiger partial charge in [0.05, 0.1) is 5.69 Å². The Kier molecular flexibility index (Phi) is 6.99. The predicted molar refractivity (Wildman–Crippen MR) is 122 cm³/mol. The Balaban J connectivity index is 1.42. The van der Waals surface area contributed by atoms with Gasteiger partial charge in [-0.05, 0) is 55.8 Å². The van der Waals surface area contributed by atoms with Crippen molar-refractivity contribution in [2.45, 2.75) is 32.8 Å². The molecule has 4 rings (SSSR count). The minimum absolute atomic E-state index is 0.244. The number of hydrogen-bond donors (Lipinski definition) is 2. The monoisotopic (exact) mass is 447 g/mol. The van der Waals surface area contributed by atoms with Crippen molar-refractivity contribution in [1.82, 2.24) is 20.6 Å². The lowest BCUT2D eigenvalue weighted by molar-refractivity contribution is 0.0856. The molecule has 9 nitrogen and oxygen atoms in total. The number of aromatic amines is 1. The average Bonchev–Trinajstić information content (AvgIpc) is 3.37. The molecule has 0 spiro atoms. The molecule has 1 amide bonds. The molecule has 0 fully saturated rings. The van der Waals surface area contributed by atoms with Crippen LogP contribution in [-0.4, -0.2) is 33.1 Å². The fraction of sp³-hybridized carbons (Fsp3) is 0.250. The van der Waals surface area contributed by atoms with E-state index in [1.807, 2.05) is 19.1 Å². The third-order valence-electron chi connectivity index (χ3n) is 4.84. The van der Waals surface area contributed by atoms with E-state index in [0.29, 0.717) is 34.3 Å². The first kappa shape index (κ1) is 22.1. The van der Waals surface area contributed by atoms with E-state index in [9.17, 15) is 4.79 Å². The number of fused-ring (bicyclic) bond motifs is 1. The summed E-state index contributed by atoms with van der Waals surface area (Å²) in [7, 11) is 0. The first-order valence-corrected chi connectivity index (χ1v) is 10.7. The molecule has 0 aliphatic carbocycles. The lowest BCUT2D eigenvalue weighted by atomic mass is 10.2. The molecule has 2 N–H and O–H groups in total. The van der Waals surface area contributed by atoms with E-state index in [-0.39, 0.29) is 12.5 Å². The van der Waals surface area contributed by atoms with Crippen LogP contribution in [0.2, 0.25) is 0 Å². The zero-order chi connectivity index (χ0) is 23.0.